The lowest BCUT2D eigenvalue weighted by molar-refractivity contribution is 0.0889. The summed E-state index contributed by atoms with van der Waals surface area (Å²) < 4.78 is 5.34. The Morgan fingerprint density at radius 2 is 1.92 bits per heavy atom. The van der Waals surface area contributed by atoms with Gasteiger partial charge in [-0.1, -0.05) is 30.3 Å². The Bertz CT molecular complexity index is 750. The van der Waals surface area contributed by atoms with Gasteiger partial charge in [0, 0.05) is 24.2 Å². The molecule has 0 bridgehead atoms. The number of hydrogen-bond acceptors (Lipinski definition) is 5. The van der Waals surface area contributed by atoms with Gasteiger partial charge in [0.2, 0.25) is 0 Å². The average molecular weight is 346 g/mol. The maximum Gasteiger partial charge on any atom is 0.407 e. The molecule has 2 aromatic rings. The van der Waals surface area contributed by atoms with E-state index in [1.54, 1.807) is 32.9 Å². The number of hydrogen-bond donors (Lipinski definition) is 3. The number of nitrogen functional groups attached to an aromatic ring is 1. The molecule has 0 fully saturated rings. The van der Waals surface area contributed by atoms with Crippen LogP contribution in [0.15, 0.2) is 34.7 Å². The van der Waals surface area contributed by atoms with Crippen molar-refractivity contribution in [1.82, 2.24) is 15.2 Å². The highest BCUT2D eigenvalue weighted by atomic mass is 16.4. The van der Waals surface area contributed by atoms with Gasteiger partial charge in [-0.3, -0.25) is 4.79 Å². The number of carbonyl (C=O) groups is 2. The summed E-state index contributed by atoms with van der Waals surface area (Å²) in [7, 11) is 0. The first-order valence-electron chi connectivity index (χ1n) is 7.80. The lowest BCUT2D eigenvalue weighted by Crippen LogP contribution is -2.48. The van der Waals surface area contributed by atoms with Crippen LogP contribution in [0, 0.1) is 0 Å². The van der Waals surface area contributed by atoms with Crippen molar-refractivity contribution >= 4 is 18.0 Å². The number of carbonyl (C=O) groups excluding carboxylic acids is 1. The molecule has 1 aromatic carbocycles. The van der Waals surface area contributed by atoms with E-state index in [9.17, 15) is 14.7 Å². The first-order chi connectivity index (χ1) is 11.7. The normalized spacial score (nSPS) is 11.2. The van der Waals surface area contributed by atoms with Crippen LogP contribution < -0.4 is 11.1 Å². The zero-order valence-electron chi connectivity index (χ0n) is 14.4. The summed E-state index contributed by atoms with van der Waals surface area (Å²) in [5, 5.41) is 11.9. The lowest BCUT2D eigenvalue weighted by atomic mass is 10.1. The molecule has 8 nitrogen and oxygen atoms in total. The van der Waals surface area contributed by atoms with Gasteiger partial charge < -0.3 is 25.5 Å². The highest BCUT2D eigenvalue weighted by Gasteiger charge is 2.26. The summed E-state index contributed by atoms with van der Waals surface area (Å²) in [6.07, 6.45) is -1.04. The van der Waals surface area contributed by atoms with Gasteiger partial charge in [0.15, 0.2) is 11.5 Å². The van der Waals surface area contributed by atoms with Crippen molar-refractivity contribution < 1.29 is 19.1 Å². The topological polar surface area (TPSA) is 122 Å². The second-order valence-electron chi connectivity index (χ2n) is 6.46. The third kappa shape index (κ3) is 4.50. The zero-order chi connectivity index (χ0) is 18.6. The minimum absolute atomic E-state index is 0.0707. The molecule has 0 aliphatic carbocycles. The largest absolute Gasteiger partial charge is 0.465 e. The number of nitrogens with one attached hydrogen (secondary N) is 1. The van der Waals surface area contributed by atoms with Crippen molar-refractivity contribution in [3.05, 3.63) is 36.0 Å². The second kappa shape index (κ2) is 7.25. The average Bonchev–Trinajstić information content (AvgIpc) is 2.92. The lowest BCUT2D eigenvalue weighted by Gasteiger charge is -2.33. The molecule has 1 heterocycles. The van der Waals surface area contributed by atoms with Gasteiger partial charge in [-0.2, -0.15) is 4.98 Å². The molecule has 134 valence electrons. The van der Waals surface area contributed by atoms with Gasteiger partial charge >= 0.3 is 6.09 Å². The van der Waals surface area contributed by atoms with Crippen LogP contribution in [0.1, 0.15) is 31.3 Å². The number of anilines is 1. The van der Waals surface area contributed by atoms with Gasteiger partial charge in [-0.25, -0.2) is 4.79 Å². The molecule has 2 rings (SSSR count). The Hall–Kier alpha value is -3.03. The molecule has 0 saturated heterocycles. The third-order valence-electron chi connectivity index (χ3n) is 3.56. The van der Waals surface area contributed by atoms with Gasteiger partial charge in [-0.05, 0) is 20.8 Å². The predicted octanol–water partition coefficient (Wildman–Crippen LogP) is 2.43. The fourth-order valence-electron chi connectivity index (χ4n) is 2.36. The standard InChI is InChI=1S/C17H22N4O4/c1-17(2,3)21(16(23)24)10-9-19-14(22)12-13(25-15(18)20-12)11-7-5-4-6-8-11/h4-8H,9-10H2,1-3H3,(H2,18,20)(H,19,22)(H,23,24). The van der Waals surface area contributed by atoms with Crippen molar-refractivity contribution in [3.63, 3.8) is 0 Å². The maximum atomic E-state index is 12.4. The van der Waals surface area contributed by atoms with Crippen molar-refractivity contribution in [3.8, 4) is 11.3 Å². The number of nitrogens with zero attached hydrogens (tertiary/aromatic N) is 2. The molecule has 0 aliphatic rings. The molecule has 8 heteroatoms. The van der Waals surface area contributed by atoms with Gasteiger partial charge in [0.25, 0.3) is 11.9 Å². The fraction of sp³-hybridized carbons (Fsp3) is 0.353. The van der Waals surface area contributed by atoms with Gasteiger partial charge in [0.1, 0.15) is 0 Å². The van der Waals surface area contributed by atoms with Crippen LogP contribution in [0.25, 0.3) is 11.3 Å². The van der Waals surface area contributed by atoms with Crippen LogP contribution in [-0.4, -0.2) is 45.6 Å². The molecule has 0 radical (unpaired) electrons. The molecule has 0 aliphatic heterocycles. The first kappa shape index (κ1) is 18.3. The summed E-state index contributed by atoms with van der Waals surface area (Å²) in [5.41, 5.74) is 5.77. The van der Waals surface area contributed by atoms with E-state index in [-0.39, 0.29) is 30.6 Å². The fourth-order valence-corrected chi connectivity index (χ4v) is 2.36. The molecule has 4 N–H and O–H groups in total. The summed E-state index contributed by atoms with van der Waals surface area (Å²) >= 11 is 0. The zero-order valence-corrected chi connectivity index (χ0v) is 14.4. The number of oxazole rings is 1. The molecule has 2 amide bonds. The van der Waals surface area contributed by atoms with E-state index in [0.29, 0.717) is 5.56 Å². The van der Waals surface area contributed by atoms with Crippen LogP contribution in [0.4, 0.5) is 10.8 Å². The third-order valence-corrected chi connectivity index (χ3v) is 3.56. The second-order valence-corrected chi connectivity index (χ2v) is 6.46. The van der Waals surface area contributed by atoms with Crippen LogP contribution in [0.3, 0.4) is 0 Å². The Balaban J connectivity index is 2.08. The van der Waals surface area contributed by atoms with Crippen molar-refractivity contribution in [2.75, 3.05) is 18.8 Å². The van der Waals surface area contributed by atoms with E-state index < -0.39 is 17.5 Å². The summed E-state index contributed by atoms with van der Waals surface area (Å²) in [6, 6.07) is 8.92. The SMILES string of the molecule is CC(C)(C)N(CCNC(=O)c1nc(N)oc1-c1ccccc1)C(=O)O. The Kier molecular flexibility index (Phi) is 5.31. The van der Waals surface area contributed by atoms with Crippen molar-refractivity contribution in [2.24, 2.45) is 0 Å². The smallest absolute Gasteiger partial charge is 0.407 e. The Morgan fingerprint density at radius 3 is 2.48 bits per heavy atom. The highest BCUT2D eigenvalue weighted by molar-refractivity contribution is 5.98. The minimum Gasteiger partial charge on any atom is -0.465 e. The monoisotopic (exact) mass is 346 g/mol. The first-order valence-corrected chi connectivity index (χ1v) is 7.80. The molecule has 0 unspecified atom stereocenters. The van der Waals surface area contributed by atoms with E-state index >= 15 is 0 Å². The Morgan fingerprint density at radius 1 is 1.28 bits per heavy atom. The molecule has 0 saturated carbocycles. The van der Waals surface area contributed by atoms with E-state index in [1.807, 2.05) is 18.2 Å². The summed E-state index contributed by atoms with van der Waals surface area (Å²) in [5.74, 6) is -0.194. The van der Waals surface area contributed by atoms with Crippen molar-refractivity contribution in [2.45, 2.75) is 26.3 Å². The van der Waals surface area contributed by atoms with Crippen LogP contribution in [-0.2, 0) is 0 Å². The minimum atomic E-state index is -1.04. The number of benzene rings is 1. The highest BCUT2D eigenvalue weighted by Crippen LogP contribution is 2.25. The van der Waals surface area contributed by atoms with E-state index in [1.165, 1.54) is 4.90 Å². The number of aromatic nitrogens is 1. The molecular weight excluding hydrogens is 324 g/mol. The van der Waals surface area contributed by atoms with Gasteiger partial charge in [-0.15, -0.1) is 0 Å². The maximum absolute atomic E-state index is 12.4. The number of carboxylic acid groups (broad SMARTS) is 1. The molecule has 1 aromatic heterocycles. The van der Waals surface area contributed by atoms with Crippen molar-refractivity contribution in [1.29, 1.82) is 0 Å². The number of amides is 2. The van der Waals surface area contributed by atoms with E-state index in [0.717, 1.165) is 0 Å². The van der Waals surface area contributed by atoms with Gasteiger partial charge in [0.05, 0.1) is 0 Å². The van der Waals surface area contributed by atoms with Crippen LogP contribution in [0.2, 0.25) is 0 Å². The quantitative estimate of drug-likeness (QED) is 0.764. The van der Waals surface area contributed by atoms with Crippen LogP contribution >= 0.6 is 0 Å². The van der Waals surface area contributed by atoms with Crippen LogP contribution in [0.5, 0.6) is 0 Å². The predicted molar refractivity (Wildman–Crippen MR) is 93.2 cm³/mol. The summed E-state index contributed by atoms with van der Waals surface area (Å²) in [4.78, 5) is 28.9. The number of rotatable bonds is 5. The molecule has 25 heavy (non-hydrogen) atoms. The van der Waals surface area contributed by atoms with E-state index in [4.69, 9.17) is 10.2 Å². The molecule has 0 atom stereocenters. The molecular formula is C17H22N4O4. The Labute approximate surface area is 145 Å². The summed E-state index contributed by atoms with van der Waals surface area (Å²) in [6.45, 7) is 5.65. The van der Waals surface area contributed by atoms with E-state index in [2.05, 4.69) is 10.3 Å². The number of nitrogens with two attached hydrogens (primary N) is 1. The molecule has 0 spiro atoms.